The van der Waals surface area contributed by atoms with Crippen LogP contribution in [0.1, 0.15) is 35.1 Å². The molecule has 0 bridgehead atoms. The molecule has 118 valence electrons. The van der Waals surface area contributed by atoms with Gasteiger partial charge in [0.15, 0.2) is 5.76 Å². The predicted molar refractivity (Wildman–Crippen MR) is 86.8 cm³/mol. The van der Waals surface area contributed by atoms with E-state index in [1.54, 1.807) is 17.4 Å². The van der Waals surface area contributed by atoms with E-state index in [9.17, 15) is 4.79 Å². The van der Waals surface area contributed by atoms with E-state index in [-0.39, 0.29) is 11.9 Å². The first kappa shape index (κ1) is 15.2. The van der Waals surface area contributed by atoms with Gasteiger partial charge >= 0.3 is 0 Å². The highest BCUT2D eigenvalue weighted by Crippen LogP contribution is 2.27. The Bertz CT molecular complexity index is 664. The second-order valence-corrected chi connectivity index (χ2v) is 6.93. The fourth-order valence-electron chi connectivity index (χ4n) is 3.09. The summed E-state index contributed by atoms with van der Waals surface area (Å²) >= 11 is 1.57. The quantitative estimate of drug-likeness (QED) is 0.944. The van der Waals surface area contributed by atoms with Crippen LogP contribution in [0.3, 0.4) is 0 Å². The smallest absolute Gasteiger partial charge is 0.257 e. The molecule has 1 saturated heterocycles. The fraction of sp³-hybridized carbons (Fsp3) is 0.500. The van der Waals surface area contributed by atoms with Crippen molar-refractivity contribution < 1.29 is 9.21 Å². The van der Waals surface area contributed by atoms with Gasteiger partial charge in [0.2, 0.25) is 0 Å². The van der Waals surface area contributed by atoms with Crippen molar-refractivity contribution >= 4 is 17.2 Å². The monoisotopic (exact) mass is 319 g/mol. The van der Waals surface area contributed by atoms with Gasteiger partial charge in [-0.05, 0) is 31.7 Å². The number of likely N-dealkylation sites (tertiary alicyclic amines) is 1. The third-order valence-corrected chi connectivity index (χ3v) is 5.11. The Balaban J connectivity index is 1.81. The highest BCUT2D eigenvalue weighted by Gasteiger charge is 2.32. The molecule has 1 amide bonds. The molecule has 2 N–H and O–H groups in total. The summed E-state index contributed by atoms with van der Waals surface area (Å²) in [4.78, 5) is 19.0. The predicted octanol–water partition coefficient (Wildman–Crippen LogP) is 2.91. The standard InChI is InChI=1S/C16H21N3O2S/c1-10-4-3-5-19(14(10)7-17)16(20)12-6-15(21-8-12)13-9-22-11(2)18-13/h6,8-10,14H,3-5,7,17H2,1-2H3/t10-,14+/m1/s1. The van der Waals surface area contributed by atoms with Crippen LogP contribution in [0.15, 0.2) is 22.1 Å². The number of nitrogens with zero attached hydrogens (tertiary/aromatic N) is 2. The van der Waals surface area contributed by atoms with Crippen LogP contribution in [0.25, 0.3) is 11.5 Å². The Kier molecular flexibility index (Phi) is 4.31. The number of piperidine rings is 1. The highest BCUT2D eigenvalue weighted by atomic mass is 32.1. The van der Waals surface area contributed by atoms with Gasteiger partial charge in [0.05, 0.1) is 10.6 Å². The van der Waals surface area contributed by atoms with Crippen molar-refractivity contribution in [1.29, 1.82) is 0 Å². The van der Waals surface area contributed by atoms with E-state index in [0.717, 1.165) is 30.1 Å². The molecular weight excluding hydrogens is 298 g/mol. The van der Waals surface area contributed by atoms with Crippen molar-refractivity contribution in [1.82, 2.24) is 9.88 Å². The van der Waals surface area contributed by atoms with Gasteiger partial charge in [0.1, 0.15) is 12.0 Å². The van der Waals surface area contributed by atoms with Gasteiger partial charge in [0.25, 0.3) is 5.91 Å². The van der Waals surface area contributed by atoms with Crippen LogP contribution in [0, 0.1) is 12.8 Å². The van der Waals surface area contributed by atoms with Crippen LogP contribution in [0.5, 0.6) is 0 Å². The average Bonchev–Trinajstić information content (AvgIpc) is 3.15. The lowest BCUT2D eigenvalue weighted by atomic mass is 9.90. The second-order valence-electron chi connectivity index (χ2n) is 5.87. The summed E-state index contributed by atoms with van der Waals surface area (Å²) in [7, 11) is 0. The van der Waals surface area contributed by atoms with Gasteiger partial charge < -0.3 is 15.1 Å². The molecule has 3 heterocycles. The molecule has 1 aliphatic heterocycles. The molecule has 1 aliphatic rings. The Morgan fingerprint density at radius 2 is 2.41 bits per heavy atom. The van der Waals surface area contributed by atoms with E-state index in [4.69, 9.17) is 10.2 Å². The van der Waals surface area contributed by atoms with E-state index in [1.807, 2.05) is 17.2 Å². The number of carbonyl (C=O) groups excluding carboxylic acids is 1. The summed E-state index contributed by atoms with van der Waals surface area (Å²) in [5.41, 5.74) is 7.23. The third kappa shape index (κ3) is 2.80. The first-order valence-electron chi connectivity index (χ1n) is 7.62. The number of hydrogen-bond acceptors (Lipinski definition) is 5. The first-order chi connectivity index (χ1) is 10.6. The van der Waals surface area contributed by atoms with Crippen LogP contribution in [-0.2, 0) is 0 Å². The van der Waals surface area contributed by atoms with E-state index < -0.39 is 0 Å². The molecule has 2 aromatic heterocycles. The van der Waals surface area contributed by atoms with E-state index in [0.29, 0.717) is 23.8 Å². The minimum absolute atomic E-state index is 0.00366. The Morgan fingerprint density at radius 3 is 3.09 bits per heavy atom. The minimum Gasteiger partial charge on any atom is -0.462 e. The second kappa shape index (κ2) is 6.22. The molecule has 1 fully saturated rings. The van der Waals surface area contributed by atoms with E-state index in [1.165, 1.54) is 6.26 Å². The number of rotatable bonds is 3. The Morgan fingerprint density at radius 1 is 1.59 bits per heavy atom. The summed E-state index contributed by atoms with van der Waals surface area (Å²) in [6.45, 7) is 5.38. The summed E-state index contributed by atoms with van der Waals surface area (Å²) < 4.78 is 5.54. The molecule has 5 nitrogen and oxygen atoms in total. The summed E-state index contributed by atoms with van der Waals surface area (Å²) in [6, 6.07) is 1.89. The number of nitrogens with two attached hydrogens (primary N) is 1. The largest absolute Gasteiger partial charge is 0.462 e. The molecule has 2 atom stereocenters. The van der Waals surface area contributed by atoms with Crippen molar-refractivity contribution in [3.63, 3.8) is 0 Å². The molecule has 2 aromatic rings. The zero-order chi connectivity index (χ0) is 15.7. The average molecular weight is 319 g/mol. The lowest BCUT2D eigenvalue weighted by Crippen LogP contribution is -2.51. The fourth-order valence-corrected chi connectivity index (χ4v) is 3.69. The van der Waals surface area contributed by atoms with Crippen LogP contribution >= 0.6 is 11.3 Å². The molecule has 0 spiro atoms. The Hall–Kier alpha value is -1.66. The van der Waals surface area contributed by atoms with Crippen molar-refractivity contribution in [2.24, 2.45) is 11.7 Å². The minimum atomic E-state index is 0.00366. The zero-order valence-corrected chi connectivity index (χ0v) is 13.7. The Labute approximate surface area is 134 Å². The lowest BCUT2D eigenvalue weighted by Gasteiger charge is -2.39. The van der Waals surface area contributed by atoms with Gasteiger partial charge in [-0.3, -0.25) is 4.79 Å². The van der Waals surface area contributed by atoms with Gasteiger partial charge in [-0.15, -0.1) is 11.3 Å². The van der Waals surface area contributed by atoms with Crippen LogP contribution in [0.2, 0.25) is 0 Å². The number of hydrogen-bond donors (Lipinski definition) is 1. The number of amides is 1. The van der Waals surface area contributed by atoms with Gasteiger partial charge in [-0.2, -0.15) is 0 Å². The van der Waals surface area contributed by atoms with Crippen LogP contribution in [0.4, 0.5) is 0 Å². The number of aryl methyl sites for hydroxylation is 1. The topological polar surface area (TPSA) is 72.4 Å². The van der Waals surface area contributed by atoms with Gasteiger partial charge in [-0.1, -0.05) is 6.92 Å². The molecule has 0 saturated carbocycles. The normalized spacial score (nSPS) is 22.0. The van der Waals surface area contributed by atoms with Crippen molar-refractivity contribution in [3.8, 4) is 11.5 Å². The number of furan rings is 1. The highest BCUT2D eigenvalue weighted by molar-refractivity contribution is 7.09. The van der Waals surface area contributed by atoms with Gasteiger partial charge in [0, 0.05) is 24.5 Å². The molecule has 0 aromatic carbocycles. The lowest BCUT2D eigenvalue weighted by molar-refractivity contribution is 0.0532. The van der Waals surface area contributed by atoms with Crippen LogP contribution < -0.4 is 5.73 Å². The maximum atomic E-state index is 12.8. The molecule has 3 rings (SSSR count). The zero-order valence-electron chi connectivity index (χ0n) is 12.9. The summed E-state index contributed by atoms with van der Waals surface area (Å²) in [6.07, 6.45) is 3.68. The van der Waals surface area contributed by atoms with Crippen LogP contribution in [-0.4, -0.2) is 34.9 Å². The van der Waals surface area contributed by atoms with E-state index in [2.05, 4.69) is 11.9 Å². The van der Waals surface area contributed by atoms with Gasteiger partial charge in [-0.25, -0.2) is 4.98 Å². The maximum absolute atomic E-state index is 12.8. The summed E-state index contributed by atoms with van der Waals surface area (Å²) in [5, 5.41) is 2.92. The van der Waals surface area contributed by atoms with Crippen molar-refractivity contribution in [2.75, 3.05) is 13.1 Å². The number of thiazole rings is 1. The third-order valence-electron chi connectivity index (χ3n) is 4.34. The molecular formula is C16H21N3O2S. The molecule has 0 aliphatic carbocycles. The molecule has 0 unspecified atom stereocenters. The van der Waals surface area contributed by atoms with Crippen molar-refractivity contribution in [3.05, 3.63) is 28.3 Å². The number of carbonyl (C=O) groups is 1. The molecule has 0 radical (unpaired) electrons. The van der Waals surface area contributed by atoms with Crippen molar-refractivity contribution in [2.45, 2.75) is 32.7 Å². The molecule has 6 heteroatoms. The molecule has 22 heavy (non-hydrogen) atoms. The number of aromatic nitrogens is 1. The summed E-state index contributed by atoms with van der Waals surface area (Å²) in [5.74, 6) is 1.08. The SMILES string of the molecule is Cc1nc(-c2cc(C(=O)N3CCC[C@@H](C)[C@@H]3CN)co2)cs1. The maximum Gasteiger partial charge on any atom is 0.257 e. The first-order valence-corrected chi connectivity index (χ1v) is 8.50. The van der Waals surface area contributed by atoms with E-state index >= 15 is 0 Å².